The van der Waals surface area contributed by atoms with Crippen LogP contribution in [-0.2, 0) is 20.1 Å². The van der Waals surface area contributed by atoms with Gasteiger partial charge < -0.3 is 15.2 Å². The standard InChI is InChI=1S/C23H28N8O2/c1-15(2)8-11-30-20-19(18(12-24)21(30)29-10-5-6-16(25)13-29)28(3)23(33)31(22(20)32)14-17-7-4-9-26-27-17/h4,7-9,16H,5-6,10-11,13-14,25H2,1-3H3/t16-/m0/s1. The van der Waals surface area contributed by atoms with Gasteiger partial charge in [-0.05, 0) is 38.8 Å². The highest BCUT2D eigenvalue weighted by atomic mass is 16.2. The Labute approximate surface area is 191 Å². The topological polar surface area (TPSA) is 128 Å². The van der Waals surface area contributed by atoms with Crippen LogP contribution in [0.2, 0.25) is 0 Å². The molecule has 0 spiro atoms. The lowest BCUT2D eigenvalue weighted by Crippen LogP contribution is -2.44. The number of nitriles is 1. The van der Waals surface area contributed by atoms with Gasteiger partial charge in [0.2, 0.25) is 0 Å². The Kier molecular flexibility index (Phi) is 6.16. The first-order valence-electron chi connectivity index (χ1n) is 11.0. The molecule has 3 aromatic heterocycles. The third-order valence-corrected chi connectivity index (χ3v) is 6.01. The summed E-state index contributed by atoms with van der Waals surface area (Å²) < 4.78 is 4.39. The minimum absolute atomic E-state index is 0.00504. The summed E-state index contributed by atoms with van der Waals surface area (Å²) in [6.45, 7) is 5.68. The number of piperidine rings is 1. The molecule has 10 heteroatoms. The number of fused-ring (bicyclic) bond motifs is 1. The fraction of sp³-hybridized carbons (Fsp3) is 0.435. The molecule has 1 fully saturated rings. The van der Waals surface area contributed by atoms with Crippen molar-refractivity contribution in [1.82, 2.24) is 23.9 Å². The van der Waals surface area contributed by atoms with Crippen LogP contribution >= 0.6 is 0 Å². The molecule has 0 saturated carbocycles. The van der Waals surface area contributed by atoms with Crippen molar-refractivity contribution in [2.45, 2.75) is 45.8 Å². The minimum atomic E-state index is -0.504. The zero-order valence-corrected chi connectivity index (χ0v) is 19.2. The van der Waals surface area contributed by atoms with E-state index in [-0.39, 0.29) is 12.6 Å². The van der Waals surface area contributed by atoms with Crippen LogP contribution in [0.15, 0.2) is 39.6 Å². The summed E-state index contributed by atoms with van der Waals surface area (Å²) >= 11 is 0. The van der Waals surface area contributed by atoms with E-state index in [2.05, 4.69) is 21.2 Å². The van der Waals surface area contributed by atoms with Gasteiger partial charge >= 0.3 is 5.69 Å². The minimum Gasteiger partial charge on any atom is -0.355 e. The normalized spacial score (nSPS) is 16.1. The van der Waals surface area contributed by atoms with E-state index >= 15 is 0 Å². The summed E-state index contributed by atoms with van der Waals surface area (Å²) in [7, 11) is 1.59. The van der Waals surface area contributed by atoms with Crippen LogP contribution in [0.3, 0.4) is 0 Å². The molecule has 0 unspecified atom stereocenters. The molecule has 1 atom stereocenters. The lowest BCUT2D eigenvalue weighted by atomic mass is 10.1. The molecule has 10 nitrogen and oxygen atoms in total. The maximum Gasteiger partial charge on any atom is 0.331 e. The number of allylic oxidation sites excluding steroid dienone is 2. The van der Waals surface area contributed by atoms with Gasteiger partial charge in [0.15, 0.2) is 0 Å². The van der Waals surface area contributed by atoms with E-state index in [4.69, 9.17) is 5.73 Å². The number of anilines is 1. The first kappa shape index (κ1) is 22.5. The molecule has 4 rings (SSSR count). The van der Waals surface area contributed by atoms with Gasteiger partial charge in [0, 0.05) is 38.9 Å². The van der Waals surface area contributed by atoms with Crippen LogP contribution < -0.4 is 21.9 Å². The van der Waals surface area contributed by atoms with E-state index in [1.807, 2.05) is 24.5 Å². The molecule has 1 aliphatic heterocycles. The van der Waals surface area contributed by atoms with E-state index in [0.717, 1.165) is 29.5 Å². The Morgan fingerprint density at radius 3 is 2.73 bits per heavy atom. The average molecular weight is 449 g/mol. The number of rotatable bonds is 5. The molecule has 3 aromatic rings. The second kappa shape index (κ2) is 9.03. The highest BCUT2D eigenvalue weighted by Gasteiger charge is 2.29. The Morgan fingerprint density at radius 1 is 1.30 bits per heavy atom. The predicted octanol–water partition coefficient (Wildman–Crippen LogP) is 1.11. The van der Waals surface area contributed by atoms with Crippen LogP contribution in [0.4, 0.5) is 5.82 Å². The number of aromatic nitrogens is 5. The second-order valence-corrected chi connectivity index (χ2v) is 8.70. The van der Waals surface area contributed by atoms with Crippen molar-refractivity contribution in [2.75, 3.05) is 18.0 Å². The van der Waals surface area contributed by atoms with E-state index in [1.165, 1.54) is 10.8 Å². The smallest absolute Gasteiger partial charge is 0.331 e. The highest BCUT2D eigenvalue weighted by Crippen LogP contribution is 2.32. The molecular formula is C23H28N8O2. The van der Waals surface area contributed by atoms with Gasteiger partial charge in [-0.2, -0.15) is 15.5 Å². The van der Waals surface area contributed by atoms with Crippen LogP contribution in [0.1, 0.15) is 37.9 Å². The molecule has 0 bridgehead atoms. The Hall–Kier alpha value is -3.71. The lowest BCUT2D eigenvalue weighted by molar-refractivity contribution is 0.498. The largest absolute Gasteiger partial charge is 0.355 e. The molecule has 4 heterocycles. The summed E-state index contributed by atoms with van der Waals surface area (Å²) in [5.41, 5.74) is 7.86. The average Bonchev–Trinajstić information content (AvgIpc) is 3.14. The number of hydrogen-bond donors (Lipinski definition) is 1. The number of nitrogens with two attached hydrogens (primary N) is 1. The van der Waals surface area contributed by atoms with Crippen molar-refractivity contribution in [3.05, 3.63) is 62.1 Å². The number of aryl methyl sites for hydroxylation is 1. The summed E-state index contributed by atoms with van der Waals surface area (Å²) in [6, 6.07) is 5.68. The second-order valence-electron chi connectivity index (χ2n) is 8.70. The molecule has 1 aliphatic rings. The quantitative estimate of drug-likeness (QED) is 0.579. The van der Waals surface area contributed by atoms with Crippen molar-refractivity contribution in [3.8, 4) is 6.07 Å². The van der Waals surface area contributed by atoms with E-state index < -0.39 is 11.2 Å². The summed E-state index contributed by atoms with van der Waals surface area (Å²) in [6.07, 6.45) is 5.35. The van der Waals surface area contributed by atoms with Crippen molar-refractivity contribution < 1.29 is 0 Å². The zero-order chi connectivity index (χ0) is 23.7. The summed E-state index contributed by atoms with van der Waals surface area (Å²) in [5.74, 6) is 0.643. The van der Waals surface area contributed by atoms with Gasteiger partial charge in [0.1, 0.15) is 23.0 Å². The maximum atomic E-state index is 13.7. The molecule has 0 radical (unpaired) electrons. The molecule has 1 saturated heterocycles. The van der Waals surface area contributed by atoms with Crippen molar-refractivity contribution in [2.24, 2.45) is 12.8 Å². The fourth-order valence-electron chi connectivity index (χ4n) is 4.43. The van der Waals surface area contributed by atoms with E-state index in [1.54, 1.807) is 19.2 Å². The predicted molar refractivity (Wildman–Crippen MR) is 126 cm³/mol. The monoisotopic (exact) mass is 448 g/mol. The van der Waals surface area contributed by atoms with Gasteiger partial charge in [0.25, 0.3) is 5.56 Å². The highest BCUT2D eigenvalue weighted by molar-refractivity contribution is 5.90. The first-order chi connectivity index (χ1) is 15.8. The van der Waals surface area contributed by atoms with Crippen molar-refractivity contribution in [3.63, 3.8) is 0 Å². The van der Waals surface area contributed by atoms with Crippen LogP contribution in [0.5, 0.6) is 0 Å². The van der Waals surface area contributed by atoms with Gasteiger partial charge in [-0.3, -0.25) is 13.9 Å². The zero-order valence-electron chi connectivity index (χ0n) is 19.2. The van der Waals surface area contributed by atoms with Gasteiger partial charge in [0.05, 0.1) is 17.8 Å². The Balaban J connectivity index is 2.04. The fourth-order valence-corrected chi connectivity index (χ4v) is 4.43. The molecule has 0 aromatic carbocycles. The van der Waals surface area contributed by atoms with Crippen LogP contribution in [0.25, 0.3) is 11.0 Å². The summed E-state index contributed by atoms with van der Waals surface area (Å²) in [5, 5.41) is 18.0. The lowest BCUT2D eigenvalue weighted by Gasteiger charge is -2.33. The first-order valence-corrected chi connectivity index (χ1v) is 11.0. The Bertz CT molecular complexity index is 1370. The summed E-state index contributed by atoms with van der Waals surface area (Å²) in [4.78, 5) is 29.0. The van der Waals surface area contributed by atoms with Gasteiger partial charge in [-0.15, -0.1) is 0 Å². The molecule has 33 heavy (non-hydrogen) atoms. The van der Waals surface area contributed by atoms with Crippen LogP contribution in [-0.4, -0.2) is 43.0 Å². The third kappa shape index (κ3) is 4.07. The number of nitrogens with zero attached hydrogens (tertiary/aromatic N) is 7. The SMILES string of the molecule is CC(C)=CCn1c(N2CCC[C@H](N)C2)c(C#N)c2c1c(=O)n(Cc1cccnn1)c(=O)n2C. The maximum absolute atomic E-state index is 13.7. The molecule has 0 amide bonds. The van der Waals surface area contributed by atoms with Gasteiger partial charge in [-0.25, -0.2) is 4.79 Å². The Morgan fingerprint density at radius 2 is 2.09 bits per heavy atom. The van der Waals surface area contributed by atoms with E-state index in [9.17, 15) is 14.9 Å². The molecule has 2 N–H and O–H groups in total. The van der Waals surface area contributed by atoms with Crippen molar-refractivity contribution >= 4 is 16.9 Å². The van der Waals surface area contributed by atoms with Crippen LogP contribution in [0, 0.1) is 11.3 Å². The van der Waals surface area contributed by atoms with E-state index in [0.29, 0.717) is 41.2 Å². The van der Waals surface area contributed by atoms with Gasteiger partial charge in [-0.1, -0.05) is 11.6 Å². The molecular weight excluding hydrogens is 420 g/mol. The third-order valence-electron chi connectivity index (χ3n) is 6.01. The molecule has 0 aliphatic carbocycles. The molecule has 172 valence electrons. The van der Waals surface area contributed by atoms with Crippen molar-refractivity contribution in [1.29, 1.82) is 5.26 Å². The number of hydrogen-bond acceptors (Lipinski definition) is 7.